The van der Waals surface area contributed by atoms with Crippen LogP contribution in [-0.4, -0.2) is 67.1 Å². The van der Waals surface area contributed by atoms with Crippen LogP contribution in [0.4, 0.5) is 0 Å². The summed E-state index contributed by atoms with van der Waals surface area (Å²) in [5.74, 6) is 1.59. The van der Waals surface area contributed by atoms with Gasteiger partial charge in [-0.25, -0.2) is 0 Å². The molecule has 5 atom stereocenters. The average molecular weight is 369 g/mol. The zero-order valence-electron chi connectivity index (χ0n) is 16.1. The van der Waals surface area contributed by atoms with Crippen LogP contribution in [0.5, 0.6) is 0 Å². The van der Waals surface area contributed by atoms with Gasteiger partial charge in [0.25, 0.3) is 0 Å². The van der Waals surface area contributed by atoms with Crippen LogP contribution >= 0.6 is 0 Å². The Morgan fingerprint density at radius 3 is 2.74 bits per heavy atom. The molecule has 2 N–H and O–H groups in total. The molecule has 5 rings (SSSR count). The topological polar surface area (TPSA) is 47.6 Å². The Hall–Kier alpha value is -1.43. The summed E-state index contributed by atoms with van der Waals surface area (Å²) >= 11 is 0. The molecule has 2 bridgehead atoms. The van der Waals surface area contributed by atoms with Gasteiger partial charge in [-0.15, -0.1) is 0 Å². The molecule has 4 aliphatic heterocycles. The van der Waals surface area contributed by atoms with Gasteiger partial charge in [0.2, 0.25) is 5.91 Å². The Balaban J connectivity index is 1.31. The number of benzene rings is 1. The van der Waals surface area contributed by atoms with Crippen LogP contribution in [0.25, 0.3) is 0 Å². The minimum absolute atomic E-state index is 0.0305. The van der Waals surface area contributed by atoms with E-state index in [2.05, 4.69) is 50.8 Å². The largest absolute Gasteiger partial charge is 0.341 e. The fourth-order valence-electron chi connectivity index (χ4n) is 6.07. The summed E-state index contributed by atoms with van der Waals surface area (Å²) in [6.07, 6.45) is 5.19. The molecule has 0 aliphatic carbocycles. The van der Waals surface area contributed by atoms with Gasteiger partial charge in [-0.3, -0.25) is 9.69 Å². The van der Waals surface area contributed by atoms with E-state index >= 15 is 0 Å². The van der Waals surface area contributed by atoms with Crippen LogP contribution in [0.3, 0.4) is 0 Å². The highest BCUT2D eigenvalue weighted by molar-refractivity contribution is 5.82. The first-order valence-electron chi connectivity index (χ1n) is 10.8. The number of amides is 1. The van der Waals surface area contributed by atoms with Gasteiger partial charge in [-0.2, -0.15) is 0 Å². The van der Waals surface area contributed by atoms with Crippen molar-refractivity contribution in [3.8, 4) is 0 Å². The molecule has 27 heavy (non-hydrogen) atoms. The van der Waals surface area contributed by atoms with Crippen molar-refractivity contribution in [2.75, 3.05) is 39.3 Å². The minimum atomic E-state index is -0.0305. The molecule has 1 aromatic rings. The molecule has 0 unspecified atom stereocenters. The third-order valence-electron chi connectivity index (χ3n) is 7.22. The number of likely N-dealkylation sites (tertiary alicyclic amines) is 1. The first kappa shape index (κ1) is 17.7. The molecule has 0 radical (unpaired) electrons. The van der Waals surface area contributed by atoms with E-state index in [0.29, 0.717) is 29.8 Å². The normalized spacial score (nSPS) is 36.9. The molecule has 1 amide bonds. The summed E-state index contributed by atoms with van der Waals surface area (Å²) in [5, 5.41) is 6.76. The molecule has 0 saturated carbocycles. The Bertz CT molecular complexity index is 660. The summed E-state index contributed by atoms with van der Waals surface area (Å²) in [6.45, 7) is 5.69. The molecule has 5 heteroatoms. The molecule has 5 nitrogen and oxygen atoms in total. The van der Waals surface area contributed by atoms with E-state index in [1.54, 1.807) is 0 Å². The van der Waals surface area contributed by atoms with E-state index < -0.39 is 0 Å². The van der Waals surface area contributed by atoms with Crippen LogP contribution in [0, 0.1) is 11.8 Å². The highest BCUT2D eigenvalue weighted by atomic mass is 16.2. The fraction of sp³-hybridized carbons (Fsp3) is 0.682. The molecular weight excluding hydrogens is 336 g/mol. The number of carbonyl (C=O) groups is 1. The zero-order valence-corrected chi connectivity index (χ0v) is 16.1. The number of hydrogen-bond acceptors (Lipinski definition) is 4. The van der Waals surface area contributed by atoms with Crippen LogP contribution in [0.15, 0.2) is 30.3 Å². The van der Waals surface area contributed by atoms with Crippen LogP contribution < -0.4 is 10.6 Å². The van der Waals surface area contributed by atoms with E-state index in [0.717, 1.165) is 39.3 Å². The van der Waals surface area contributed by atoms with Crippen LogP contribution in [0.1, 0.15) is 37.3 Å². The Labute approximate surface area is 162 Å². The molecule has 0 aromatic heterocycles. The molecule has 4 fully saturated rings. The maximum absolute atomic E-state index is 13.0. The molecule has 4 aliphatic rings. The highest BCUT2D eigenvalue weighted by Gasteiger charge is 2.46. The van der Waals surface area contributed by atoms with Crippen molar-refractivity contribution in [2.45, 2.75) is 43.8 Å². The number of carbonyl (C=O) groups excluding carboxylic acids is 1. The third-order valence-corrected chi connectivity index (χ3v) is 7.22. The van der Waals surface area contributed by atoms with E-state index in [1.807, 2.05) is 0 Å². The van der Waals surface area contributed by atoms with E-state index in [-0.39, 0.29) is 6.04 Å². The predicted molar refractivity (Wildman–Crippen MR) is 106 cm³/mol. The van der Waals surface area contributed by atoms with Gasteiger partial charge in [-0.05, 0) is 43.1 Å². The maximum atomic E-state index is 13.0. The van der Waals surface area contributed by atoms with E-state index in [4.69, 9.17) is 0 Å². The van der Waals surface area contributed by atoms with Crippen molar-refractivity contribution >= 4 is 5.91 Å². The summed E-state index contributed by atoms with van der Waals surface area (Å²) in [4.78, 5) is 18.0. The smallest absolute Gasteiger partial charge is 0.241 e. The number of piperidine rings is 3. The standard InChI is InChI=1S/C22H32N4O/c27-22(19-12-23-9-10-24-19)25-13-16-11-18(15-25)21-8-4-7-20(26(21)14-16)17-5-2-1-3-6-17/h1-3,5-6,16,18-21,23-24H,4,7-15H2/t16-,18+,19-,20+,21-/m0/s1. The lowest BCUT2D eigenvalue weighted by atomic mass is 9.73. The number of piperazine rings is 1. The number of nitrogens with one attached hydrogen (secondary N) is 2. The molecule has 1 aromatic carbocycles. The molecular formula is C22H32N4O. The molecule has 4 heterocycles. The molecule has 0 spiro atoms. The van der Waals surface area contributed by atoms with Gasteiger partial charge in [0.1, 0.15) is 0 Å². The quantitative estimate of drug-likeness (QED) is 0.833. The van der Waals surface area contributed by atoms with Crippen molar-refractivity contribution in [1.29, 1.82) is 0 Å². The van der Waals surface area contributed by atoms with Gasteiger partial charge in [0, 0.05) is 51.4 Å². The Morgan fingerprint density at radius 2 is 1.93 bits per heavy atom. The maximum Gasteiger partial charge on any atom is 0.241 e. The lowest BCUT2D eigenvalue weighted by molar-refractivity contribution is -0.141. The lowest BCUT2D eigenvalue weighted by Gasteiger charge is -2.55. The first-order valence-corrected chi connectivity index (χ1v) is 10.8. The van der Waals surface area contributed by atoms with Gasteiger partial charge >= 0.3 is 0 Å². The first-order chi connectivity index (χ1) is 13.3. The molecule has 146 valence electrons. The SMILES string of the molecule is O=C([C@@H]1CNCCN1)N1C[C@@H]2C[C@H](C1)[C@@H]1CCC[C@H](c3ccccc3)N1C2. The number of fused-ring (bicyclic) bond motifs is 4. The summed E-state index contributed by atoms with van der Waals surface area (Å²) in [7, 11) is 0. The summed E-state index contributed by atoms with van der Waals surface area (Å²) in [5.41, 5.74) is 1.48. The zero-order chi connectivity index (χ0) is 18.2. The second-order valence-corrected chi connectivity index (χ2v) is 8.94. The number of nitrogens with zero attached hydrogens (tertiary/aromatic N) is 2. The molecule has 4 saturated heterocycles. The van der Waals surface area contributed by atoms with E-state index in [9.17, 15) is 4.79 Å². The van der Waals surface area contributed by atoms with Crippen molar-refractivity contribution in [3.05, 3.63) is 35.9 Å². The number of rotatable bonds is 2. The summed E-state index contributed by atoms with van der Waals surface area (Å²) < 4.78 is 0. The van der Waals surface area contributed by atoms with Gasteiger partial charge in [0.15, 0.2) is 0 Å². The van der Waals surface area contributed by atoms with Crippen molar-refractivity contribution in [3.63, 3.8) is 0 Å². The van der Waals surface area contributed by atoms with Crippen LogP contribution in [-0.2, 0) is 4.79 Å². The van der Waals surface area contributed by atoms with E-state index in [1.165, 1.54) is 31.2 Å². The van der Waals surface area contributed by atoms with Crippen molar-refractivity contribution in [1.82, 2.24) is 20.4 Å². The van der Waals surface area contributed by atoms with Gasteiger partial charge in [-0.1, -0.05) is 30.3 Å². The average Bonchev–Trinajstić information content (AvgIpc) is 2.74. The predicted octanol–water partition coefficient (Wildman–Crippen LogP) is 1.62. The second-order valence-electron chi connectivity index (χ2n) is 8.94. The fourth-order valence-corrected chi connectivity index (χ4v) is 6.07. The van der Waals surface area contributed by atoms with Crippen LogP contribution in [0.2, 0.25) is 0 Å². The lowest BCUT2D eigenvalue weighted by Crippen LogP contribution is -2.63. The summed E-state index contributed by atoms with van der Waals surface area (Å²) in [6, 6.07) is 12.3. The van der Waals surface area contributed by atoms with Gasteiger partial charge < -0.3 is 15.5 Å². The number of hydrogen-bond donors (Lipinski definition) is 2. The second kappa shape index (κ2) is 7.53. The minimum Gasteiger partial charge on any atom is -0.341 e. The third kappa shape index (κ3) is 3.41. The highest BCUT2D eigenvalue weighted by Crippen LogP contribution is 2.44. The Morgan fingerprint density at radius 1 is 1.04 bits per heavy atom. The Kier molecular flexibility index (Phi) is 4.92. The monoisotopic (exact) mass is 368 g/mol. The van der Waals surface area contributed by atoms with Gasteiger partial charge in [0.05, 0.1) is 6.04 Å². The van der Waals surface area contributed by atoms with Crippen molar-refractivity contribution < 1.29 is 4.79 Å². The van der Waals surface area contributed by atoms with Crippen molar-refractivity contribution in [2.24, 2.45) is 11.8 Å².